The van der Waals surface area contributed by atoms with Gasteiger partial charge in [-0.25, -0.2) is 0 Å². The molecule has 0 spiro atoms. The summed E-state index contributed by atoms with van der Waals surface area (Å²) in [4.78, 5) is 29.7. The number of hydrogen-bond donors (Lipinski definition) is 0. The third kappa shape index (κ3) is 17.4. The van der Waals surface area contributed by atoms with Crippen LogP contribution in [0.5, 0.6) is 0 Å². The van der Waals surface area contributed by atoms with Crippen LogP contribution in [0.15, 0.2) is 0 Å². The van der Waals surface area contributed by atoms with E-state index >= 15 is 0 Å². The van der Waals surface area contributed by atoms with Gasteiger partial charge in [-0.3, -0.25) is 9.59 Å². The fourth-order valence-corrected chi connectivity index (χ4v) is 4.21. The highest BCUT2D eigenvalue weighted by molar-refractivity contribution is 6.03. The van der Waals surface area contributed by atoms with E-state index in [2.05, 4.69) is 20.8 Å². The number of carbonyl (C=O) groups excluding carboxylic acids is 2. The Hall–Kier alpha value is -1.10. The third-order valence-electron chi connectivity index (χ3n) is 6.68. The van der Waals surface area contributed by atoms with E-state index in [1.165, 1.54) is 77.0 Å². The minimum atomic E-state index is -0.995. The summed E-state index contributed by atoms with van der Waals surface area (Å²) in [5.41, 5.74) is 0. The summed E-state index contributed by atoms with van der Waals surface area (Å²) in [6, 6.07) is 0. The molecule has 0 aromatic rings. The van der Waals surface area contributed by atoms with E-state index in [4.69, 9.17) is 4.74 Å². The van der Waals surface area contributed by atoms with Crippen LogP contribution in [0.25, 0.3) is 0 Å². The smallest absolute Gasteiger partial charge is 0.261 e. The Labute approximate surface area is 212 Å². The van der Waals surface area contributed by atoms with Crippen LogP contribution < -0.4 is 0 Å². The molecule has 5 heteroatoms. The lowest BCUT2D eigenvalue weighted by atomic mass is 10.1. The van der Waals surface area contributed by atoms with Gasteiger partial charge in [-0.2, -0.15) is 0 Å². The van der Waals surface area contributed by atoms with Gasteiger partial charge in [-0.05, 0) is 19.3 Å². The highest BCUT2D eigenvalue weighted by Gasteiger charge is 2.32. The molecule has 0 radical (unpaired) electrons. The summed E-state index contributed by atoms with van der Waals surface area (Å²) in [5.74, 6) is -0.362. The van der Waals surface area contributed by atoms with Gasteiger partial charge < -0.3 is 14.5 Å². The summed E-state index contributed by atoms with van der Waals surface area (Å²) >= 11 is 0. The monoisotopic (exact) mass is 482 g/mol. The van der Waals surface area contributed by atoms with Gasteiger partial charge in [0.1, 0.15) is 0 Å². The average molecular weight is 483 g/mol. The van der Waals surface area contributed by atoms with Crippen molar-refractivity contribution in [2.75, 3.05) is 33.8 Å². The normalized spacial score (nSPS) is 11.2. The first-order chi connectivity index (χ1) is 16.5. The largest absolute Gasteiger partial charge is 0.359 e. The molecule has 0 bridgehead atoms. The van der Waals surface area contributed by atoms with Crippen LogP contribution in [0, 0.1) is 0 Å². The molecular weight excluding hydrogens is 424 g/mol. The van der Waals surface area contributed by atoms with Gasteiger partial charge in [0.25, 0.3) is 11.8 Å². The van der Waals surface area contributed by atoms with E-state index in [-0.39, 0.29) is 11.8 Å². The molecule has 0 atom stereocenters. The van der Waals surface area contributed by atoms with Gasteiger partial charge in [0, 0.05) is 33.8 Å². The van der Waals surface area contributed by atoms with Crippen molar-refractivity contribution in [3.05, 3.63) is 0 Å². The van der Waals surface area contributed by atoms with Crippen molar-refractivity contribution in [2.24, 2.45) is 0 Å². The van der Waals surface area contributed by atoms with Crippen LogP contribution in [0.3, 0.4) is 0 Å². The van der Waals surface area contributed by atoms with Crippen LogP contribution in [0.4, 0.5) is 0 Å². The van der Waals surface area contributed by atoms with Crippen LogP contribution >= 0.6 is 0 Å². The van der Waals surface area contributed by atoms with Crippen molar-refractivity contribution in [3.63, 3.8) is 0 Å². The van der Waals surface area contributed by atoms with Crippen LogP contribution in [0.2, 0.25) is 0 Å². The zero-order chi connectivity index (χ0) is 25.4. The summed E-state index contributed by atoms with van der Waals surface area (Å²) in [6.45, 7) is 8.52. The third-order valence-corrected chi connectivity index (χ3v) is 6.68. The van der Waals surface area contributed by atoms with E-state index in [9.17, 15) is 9.59 Å². The van der Waals surface area contributed by atoms with Gasteiger partial charge in [-0.15, -0.1) is 0 Å². The predicted molar refractivity (Wildman–Crippen MR) is 145 cm³/mol. The summed E-state index contributed by atoms with van der Waals surface area (Å²) in [5, 5.41) is 0. The topological polar surface area (TPSA) is 49.9 Å². The lowest BCUT2D eigenvalue weighted by Gasteiger charge is -2.27. The molecule has 0 aliphatic carbocycles. The van der Waals surface area contributed by atoms with Crippen molar-refractivity contribution in [1.82, 2.24) is 9.80 Å². The van der Waals surface area contributed by atoms with Crippen LogP contribution in [-0.4, -0.2) is 61.5 Å². The molecule has 0 aromatic heterocycles. The predicted octanol–water partition coefficient (Wildman–Crippen LogP) is 7.37. The molecule has 0 rings (SSSR count). The van der Waals surface area contributed by atoms with Crippen molar-refractivity contribution >= 4 is 11.8 Å². The van der Waals surface area contributed by atoms with Gasteiger partial charge >= 0.3 is 0 Å². The van der Waals surface area contributed by atoms with Gasteiger partial charge in [0.05, 0.1) is 0 Å². The van der Waals surface area contributed by atoms with Crippen molar-refractivity contribution in [2.45, 2.75) is 142 Å². The molecule has 5 nitrogen and oxygen atoms in total. The maximum Gasteiger partial charge on any atom is 0.261 e. The molecule has 2 amide bonds. The first kappa shape index (κ1) is 32.9. The van der Waals surface area contributed by atoms with Gasteiger partial charge in [0.2, 0.25) is 6.10 Å². The Morgan fingerprint density at radius 3 is 1.24 bits per heavy atom. The molecule has 0 aliphatic rings. The Morgan fingerprint density at radius 2 is 0.853 bits per heavy atom. The lowest BCUT2D eigenvalue weighted by Crippen LogP contribution is -2.48. The molecule has 0 fully saturated rings. The summed E-state index contributed by atoms with van der Waals surface area (Å²) in [6.07, 6.45) is 20.2. The molecule has 0 aliphatic heterocycles. The molecular formula is C29H58N2O3. The van der Waals surface area contributed by atoms with Crippen molar-refractivity contribution in [3.8, 4) is 0 Å². The second-order valence-corrected chi connectivity index (χ2v) is 10.1. The standard InChI is InChI=1S/C29H58N2O3/c1-6-9-12-15-18-21-24-30(4)28(32)27(34-26-23-20-17-14-11-8-3)29(33)31(5)25-22-19-16-13-10-7-2/h27H,6-26H2,1-5H3. The number of nitrogens with zero attached hydrogens (tertiary/aromatic N) is 2. The van der Waals surface area contributed by atoms with Crippen LogP contribution in [0.1, 0.15) is 136 Å². The Balaban J connectivity index is 4.65. The van der Waals surface area contributed by atoms with Crippen molar-refractivity contribution in [1.29, 1.82) is 0 Å². The maximum absolute atomic E-state index is 13.2. The second kappa shape index (κ2) is 23.6. The number of carbonyl (C=O) groups is 2. The molecule has 0 N–H and O–H groups in total. The SMILES string of the molecule is CCCCCCCCOC(C(=O)N(C)CCCCCCCC)C(=O)N(C)CCCCCCCC. The van der Waals surface area contributed by atoms with E-state index in [0.29, 0.717) is 19.7 Å². The molecule has 0 heterocycles. The number of hydrogen-bond acceptors (Lipinski definition) is 3. The number of unbranched alkanes of at least 4 members (excludes halogenated alkanes) is 15. The van der Waals surface area contributed by atoms with Crippen LogP contribution in [-0.2, 0) is 14.3 Å². The van der Waals surface area contributed by atoms with E-state index < -0.39 is 6.10 Å². The molecule has 202 valence electrons. The van der Waals surface area contributed by atoms with Gasteiger partial charge in [0.15, 0.2) is 0 Å². The van der Waals surface area contributed by atoms with Crippen molar-refractivity contribution < 1.29 is 14.3 Å². The first-order valence-electron chi connectivity index (χ1n) is 14.6. The number of ether oxygens (including phenoxy) is 1. The average Bonchev–Trinajstić information content (AvgIpc) is 2.84. The van der Waals surface area contributed by atoms with E-state index in [1.807, 2.05) is 14.1 Å². The van der Waals surface area contributed by atoms with E-state index in [1.54, 1.807) is 9.80 Å². The number of likely N-dealkylation sites (N-methyl/N-ethyl adjacent to an activating group) is 2. The fourth-order valence-electron chi connectivity index (χ4n) is 4.21. The fraction of sp³-hybridized carbons (Fsp3) is 0.931. The molecule has 0 unspecified atom stereocenters. The molecule has 34 heavy (non-hydrogen) atoms. The number of amides is 2. The zero-order valence-electron chi connectivity index (χ0n) is 23.5. The molecule has 0 saturated carbocycles. The molecule has 0 aromatic carbocycles. The quantitative estimate of drug-likeness (QED) is 0.107. The second-order valence-electron chi connectivity index (χ2n) is 10.1. The van der Waals surface area contributed by atoms with E-state index in [0.717, 1.165) is 38.5 Å². The minimum Gasteiger partial charge on any atom is -0.359 e. The number of rotatable bonds is 24. The highest BCUT2D eigenvalue weighted by atomic mass is 16.5. The Bertz CT molecular complexity index is 450. The Kier molecular flexibility index (Phi) is 22.9. The Morgan fingerprint density at radius 1 is 0.529 bits per heavy atom. The first-order valence-corrected chi connectivity index (χ1v) is 14.6. The summed E-state index contributed by atoms with van der Waals surface area (Å²) in [7, 11) is 3.63. The zero-order valence-corrected chi connectivity index (χ0v) is 23.5. The maximum atomic E-state index is 13.2. The van der Waals surface area contributed by atoms with Gasteiger partial charge in [-0.1, -0.05) is 117 Å². The molecule has 0 saturated heterocycles. The highest BCUT2D eigenvalue weighted by Crippen LogP contribution is 2.11. The summed E-state index contributed by atoms with van der Waals surface area (Å²) < 4.78 is 5.95. The lowest BCUT2D eigenvalue weighted by molar-refractivity contribution is -0.156. The minimum absolute atomic E-state index is 0.181.